The van der Waals surface area contributed by atoms with Crippen LogP contribution in [0.5, 0.6) is 0 Å². The Morgan fingerprint density at radius 3 is 2.35 bits per heavy atom. The lowest BCUT2D eigenvalue weighted by Gasteiger charge is -2.35. The van der Waals surface area contributed by atoms with Crippen LogP contribution >= 0.6 is 0 Å². The van der Waals surface area contributed by atoms with Gasteiger partial charge in [0.15, 0.2) is 11.6 Å². The van der Waals surface area contributed by atoms with Crippen molar-refractivity contribution in [1.82, 2.24) is 38.5 Å². The van der Waals surface area contributed by atoms with Gasteiger partial charge in [-0.3, -0.25) is 23.4 Å². The molecule has 2 fully saturated rings. The maximum Gasteiger partial charge on any atom is 0.438 e. The average molecular weight is 948 g/mol. The number of aromatic amines is 1. The van der Waals surface area contributed by atoms with Gasteiger partial charge < -0.3 is 14.2 Å². The second kappa shape index (κ2) is 16.1. The molecular weight excluding hydrogens is 893 g/mol. The molecule has 5 atom stereocenters. The number of aryl methyl sites for hydroxylation is 2. The number of nitrogens with one attached hydrogen (secondary N) is 1. The highest BCUT2D eigenvalue weighted by Gasteiger charge is 2.59. The molecule has 0 spiro atoms. The number of H-pyrrole nitrogens is 1. The Morgan fingerprint density at radius 2 is 1.71 bits per heavy atom. The first-order chi connectivity index (χ1) is 32.3. The molecule has 7 aromatic rings. The number of ether oxygens (including phenoxy) is 1. The Balaban J connectivity index is 1.12. The van der Waals surface area contributed by atoms with Crippen LogP contribution in [0.25, 0.3) is 28.1 Å². The summed E-state index contributed by atoms with van der Waals surface area (Å²) in [4.78, 5) is 47.7. The number of imidazole rings is 1. The Morgan fingerprint density at radius 1 is 0.985 bits per heavy atom. The number of nitrogens with zero attached hydrogens (tertiary/aromatic N) is 8. The lowest BCUT2D eigenvalue weighted by atomic mass is 9.83. The van der Waals surface area contributed by atoms with Crippen LogP contribution in [0.3, 0.4) is 0 Å². The Kier molecular flexibility index (Phi) is 10.8. The molecule has 356 valence electrons. The van der Waals surface area contributed by atoms with Crippen LogP contribution in [0, 0.1) is 38.3 Å². The van der Waals surface area contributed by atoms with Crippen molar-refractivity contribution < 1.29 is 27.0 Å². The highest BCUT2D eigenvalue weighted by molar-refractivity contribution is 7.93. The molecule has 68 heavy (non-hydrogen) atoms. The molecule has 2 unspecified atom stereocenters. The quantitative estimate of drug-likeness (QED) is 0.151. The van der Waals surface area contributed by atoms with Crippen molar-refractivity contribution in [1.29, 1.82) is 0 Å². The first-order valence-corrected chi connectivity index (χ1v) is 24.8. The van der Waals surface area contributed by atoms with Crippen LogP contribution in [0.2, 0.25) is 0 Å². The molecule has 0 radical (unpaired) electrons. The Labute approximate surface area is 391 Å². The third kappa shape index (κ3) is 6.95. The van der Waals surface area contributed by atoms with Crippen molar-refractivity contribution in [3.05, 3.63) is 139 Å². The molecular formula is C50H55F2N9O6S. The number of aromatic nitrogens is 7. The number of hydrogen-bond acceptors (Lipinski definition) is 9. The van der Waals surface area contributed by atoms with E-state index in [0.717, 1.165) is 29.3 Å². The minimum atomic E-state index is -2.88. The molecule has 2 aliphatic heterocycles. The molecule has 1 saturated carbocycles. The molecule has 1 amide bonds. The van der Waals surface area contributed by atoms with E-state index in [4.69, 9.17) is 14.4 Å². The molecule has 0 bridgehead atoms. The van der Waals surface area contributed by atoms with Crippen LogP contribution in [-0.4, -0.2) is 80.2 Å². The fourth-order valence-corrected chi connectivity index (χ4v) is 12.6. The summed E-state index contributed by atoms with van der Waals surface area (Å²) in [6.45, 7) is 15.6. The van der Waals surface area contributed by atoms with E-state index in [1.165, 1.54) is 41.6 Å². The molecule has 4 aromatic heterocycles. The molecule has 3 aromatic carbocycles. The van der Waals surface area contributed by atoms with E-state index in [1.807, 2.05) is 17.6 Å². The van der Waals surface area contributed by atoms with Crippen LogP contribution in [-0.2, 0) is 26.4 Å². The fourth-order valence-electron chi connectivity index (χ4n) is 11.0. The average Bonchev–Trinajstić information content (AvgIpc) is 3.80. The second-order valence-corrected chi connectivity index (χ2v) is 22.0. The summed E-state index contributed by atoms with van der Waals surface area (Å²) in [6, 6.07) is 13.9. The first-order valence-electron chi connectivity index (χ1n) is 23.1. The Hall–Kier alpha value is -6.40. The summed E-state index contributed by atoms with van der Waals surface area (Å²) in [7, 11) is -1.43. The SMILES string of the molecule is CCS(=O)(=NC)c1ccc(-n2ccn(-c3c4c(nn3-c3cc(C)c(F)c(C)c3)CCN(C(=O)c3cc5cc(C6CCOC(C)(C)C6)ccc5n3[C@@]3(c5noc(=O)[nH]5)C[C@@H]3C)[C@H]4C)c2=O)c(F)c1C. The van der Waals surface area contributed by atoms with Gasteiger partial charge in [0.05, 0.1) is 43.3 Å². The van der Waals surface area contributed by atoms with E-state index < -0.39 is 38.6 Å². The molecule has 18 heteroatoms. The van der Waals surface area contributed by atoms with Gasteiger partial charge in [0, 0.05) is 66.8 Å². The van der Waals surface area contributed by atoms with E-state index in [1.54, 1.807) is 48.6 Å². The number of carbonyl (C=O) groups excluding carboxylic acids is 1. The smallest absolute Gasteiger partial charge is 0.376 e. The van der Waals surface area contributed by atoms with E-state index in [-0.39, 0.29) is 57.6 Å². The number of rotatable bonds is 9. The number of benzene rings is 3. The Bertz CT molecular complexity index is 3450. The maximum absolute atomic E-state index is 16.4. The molecule has 3 aliphatic rings. The second-order valence-electron chi connectivity index (χ2n) is 19.3. The van der Waals surface area contributed by atoms with Gasteiger partial charge in [-0.1, -0.05) is 25.1 Å². The van der Waals surface area contributed by atoms with Crippen molar-refractivity contribution in [2.75, 3.05) is 26.0 Å². The minimum Gasteiger partial charge on any atom is -0.376 e. The summed E-state index contributed by atoms with van der Waals surface area (Å²) in [5.74, 6) is -0.975. The standard InChI is InChI=1S/C50H55F2N9O6S/c1-10-68(65,53-9)40-14-13-38(43(52)30(40)5)58-18-19-59(48(58)64)44-41-31(6)57(17-15-36(41)55-61(44)35-21-27(2)42(51)28(3)22-35)45(62)39-24-34-23-32(33-16-20-66-49(7,8)26-33)11-12-37(34)60(39)50(25-29(50)4)46-54-47(63)67-56-46/h11-14,18-19,21-24,29,31,33H,10,15-17,20,25-26H2,1-9H3,(H,54,56,63)/t29-,31-,33?,50-,68?/m0/s1. The van der Waals surface area contributed by atoms with E-state index in [0.29, 0.717) is 64.9 Å². The number of amides is 1. The van der Waals surface area contributed by atoms with Crippen molar-refractivity contribution in [3.8, 4) is 17.2 Å². The highest BCUT2D eigenvalue weighted by atomic mass is 32.2. The predicted molar refractivity (Wildman–Crippen MR) is 253 cm³/mol. The zero-order chi connectivity index (χ0) is 48.4. The van der Waals surface area contributed by atoms with Crippen LogP contribution in [0.15, 0.2) is 84.3 Å². The van der Waals surface area contributed by atoms with E-state index >= 15 is 13.6 Å². The topological polar surface area (TPSA) is 168 Å². The first kappa shape index (κ1) is 45.4. The number of halogens is 2. The van der Waals surface area contributed by atoms with Crippen molar-refractivity contribution in [2.24, 2.45) is 10.3 Å². The predicted octanol–water partition coefficient (Wildman–Crippen LogP) is 8.34. The van der Waals surface area contributed by atoms with Gasteiger partial charge in [0.25, 0.3) is 5.91 Å². The molecule has 1 aliphatic carbocycles. The zero-order valence-electron chi connectivity index (χ0n) is 39.6. The third-order valence-electron chi connectivity index (χ3n) is 14.7. The van der Waals surface area contributed by atoms with Gasteiger partial charge in [-0.2, -0.15) is 5.10 Å². The lowest BCUT2D eigenvalue weighted by molar-refractivity contribution is -0.0592. The minimum absolute atomic E-state index is 0.0164. The highest BCUT2D eigenvalue weighted by Crippen LogP contribution is 2.56. The fraction of sp³-hybridized carbons (Fsp3) is 0.420. The van der Waals surface area contributed by atoms with Gasteiger partial charge in [-0.05, 0) is 132 Å². The van der Waals surface area contributed by atoms with Crippen LogP contribution < -0.4 is 11.4 Å². The van der Waals surface area contributed by atoms with Gasteiger partial charge in [0.1, 0.15) is 22.9 Å². The lowest BCUT2D eigenvalue weighted by Crippen LogP contribution is -2.41. The molecule has 15 nitrogen and oxygen atoms in total. The summed E-state index contributed by atoms with van der Waals surface area (Å²) < 4.78 is 66.5. The van der Waals surface area contributed by atoms with Crippen LogP contribution in [0.1, 0.15) is 116 Å². The molecule has 1 saturated heterocycles. The van der Waals surface area contributed by atoms with E-state index in [9.17, 15) is 13.8 Å². The number of hydrogen-bond donors (Lipinski definition) is 1. The molecule has 1 N–H and O–H groups in total. The largest absolute Gasteiger partial charge is 0.438 e. The van der Waals surface area contributed by atoms with E-state index in [2.05, 4.69) is 53.5 Å². The summed E-state index contributed by atoms with van der Waals surface area (Å²) in [6.07, 6.45) is 5.61. The molecule has 10 rings (SSSR count). The van der Waals surface area contributed by atoms with Gasteiger partial charge >= 0.3 is 11.4 Å². The van der Waals surface area contributed by atoms with Crippen molar-refractivity contribution in [3.63, 3.8) is 0 Å². The van der Waals surface area contributed by atoms with Crippen LogP contribution in [0.4, 0.5) is 8.78 Å². The maximum atomic E-state index is 16.4. The number of fused-ring (bicyclic) bond motifs is 2. The van der Waals surface area contributed by atoms with Gasteiger partial charge in [0.2, 0.25) is 0 Å². The van der Waals surface area contributed by atoms with Crippen molar-refractivity contribution >= 4 is 26.5 Å². The number of carbonyl (C=O) groups is 1. The normalized spacial score (nSPS) is 22.0. The monoisotopic (exact) mass is 947 g/mol. The zero-order valence-corrected chi connectivity index (χ0v) is 40.5. The summed E-state index contributed by atoms with van der Waals surface area (Å²) in [5.41, 5.74) is 3.13. The summed E-state index contributed by atoms with van der Waals surface area (Å²) >= 11 is 0. The summed E-state index contributed by atoms with van der Waals surface area (Å²) in [5, 5.41) is 10.1. The third-order valence-corrected chi connectivity index (χ3v) is 17.2. The van der Waals surface area contributed by atoms with Gasteiger partial charge in [-0.15, -0.1) is 0 Å². The van der Waals surface area contributed by atoms with Gasteiger partial charge in [-0.25, -0.2) is 31.6 Å². The molecule has 6 heterocycles. The van der Waals surface area contributed by atoms with Crippen molar-refractivity contribution in [2.45, 2.75) is 109 Å².